The van der Waals surface area contributed by atoms with Crippen LogP contribution in [-0.4, -0.2) is 58.6 Å². The van der Waals surface area contributed by atoms with E-state index in [-0.39, 0.29) is 23.9 Å². The van der Waals surface area contributed by atoms with Gasteiger partial charge in [0.15, 0.2) is 5.76 Å². The van der Waals surface area contributed by atoms with Crippen molar-refractivity contribution in [3.8, 4) is 5.75 Å². The zero-order valence-corrected chi connectivity index (χ0v) is 15.8. The molecule has 1 amide bonds. The molecular formula is C18H22N2O6S. The van der Waals surface area contributed by atoms with Crippen molar-refractivity contribution in [3.05, 3.63) is 47.7 Å². The molecule has 0 radical (unpaired) electrons. The molecule has 1 saturated heterocycles. The molecule has 1 aliphatic rings. The van der Waals surface area contributed by atoms with E-state index in [2.05, 4.69) is 5.32 Å². The lowest BCUT2D eigenvalue weighted by atomic mass is 10.1. The Morgan fingerprint density at radius 1 is 1.19 bits per heavy atom. The van der Waals surface area contributed by atoms with Gasteiger partial charge in [-0.3, -0.25) is 4.79 Å². The molecule has 8 nitrogen and oxygen atoms in total. The maximum Gasteiger partial charge on any atom is 0.287 e. The fourth-order valence-electron chi connectivity index (χ4n) is 2.80. The zero-order chi connectivity index (χ0) is 19.3. The molecule has 0 spiro atoms. The van der Waals surface area contributed by atoms with Crippen LogP contribution in [0.25, 0.3) is 0 Å². The van der Waals surface area contributed by atoms with Gasteiger partial charge in [0.1, 0.15) is 5.75 Å². The van der Waals surface area contributed by atoms with E-state index < -0.39 is 15.9 Å². The Morgan fingerprint density at radius 3 is 2.67 bits per heavy atom. The number of hydrogen-bond acceptors (Lipinski definition) is 6. The van der Waals surface area contributed by atoms with Crippen molar-refractivity contribution in [2.75, 3.05) is 40.0 Å². The van der Waals surface area contributed by atoms with E-state index in [1.54, 1.807) is 7.11 Å². The standard InChI is InChI=1S/C18H22N2O6S/c1-24-15-5-3-2-4-14(15)8-9-19-18(21)16-6-7-17(26-16)27(22,23)20-10-12-25-13-11-20/h2-7H,8-13H2,1H3,(H,19,21). The molecule has 146 valence electrons. The smallest absolute Gasteiger partial charge is 0.287 e. The average Bonchev–Trinajstić information content (AvgIpc) is 3.20. The number of carbonyl (C=O) groups excluding carboxylic acids is 1. The quantitative estimate of drug-likeness (QED) is 0.760. The molecule has 27 heavy (non-hydrogen) atoms. The number of hydrogen-bond donors (Lipinski definition) is 1. The second-order valence-corrected chi connectivity index (χ2v) is 7.82. The summed E-state index contributed by atoms with van der Waals surface area (Å²) in [5.74, 6) is 0.249. The Morgan fingerprint density at radius 2 is 1.93 bits per heavy atom. The lowest BCUT2D eigenvalue weighted by molar-refractivity contribution is 0.0722. The third kappa shape index (κ3) is 4.49. The van der Waals surface area contributed by atoms with E-state index in [0.29, 0.717) is 26.2 Å². The molecule has 1 N–H and O–H groups in total. The number of amides is 1. The molecule has 2 aromatic rings. The van der Waals surface area contributed by atoms with Crippen LogP contribution >= 0.6 is 0 Å². The highest BCUT2D eigenvalue weighted by Crippen LogP contribution is 2.20. The lowest BCUT2D eigenvalue weighted by Crippen LogP contribution is -2.40. The summed E-state index contributed by atoms with van der Waals surface area (Å²) in [7, 11) is -2.16. The summed E-state index contributed by atoms with van der Waals surface area (Å²) in [4.78, 5) is 12.2. The van der Waals surface area contributed by atoms with Crippen LogP contribution in [0, 0.1) is 0 Å². The predicted octanol–water partition coefficient (Wildman–Crippen LogP) is 1.28. The van der Waals surface area contributed by atoms with Crippen LogP contribution in [0.15, 0.2) is 45.9 Å². The number of nitrogens with zero attached hydrogens (tertiary/aromatic N) is 1. The summed E-state index contributed by atoms with van der Waals surface area (Å²) in [6.07, 6.45) is 0.579. The highest BCUT2D eigenvalue weighted by Gasteiger charge is 2.30. The van der Waals surface area contributed by atoms with Gasteiger partial charge < -0.3 is 19.2 Å². The summed E-state index contributed by atoms with van der Waals surface area (Å²) < 4.78 is 42.1. The number of para-hydroxylation sites is 1. The van der Waals surface area contributed by atoms with Gasteiger partial charge in [-0.1, -0.05) is 18.2 Å². The number of furan rings is 1. The van der Waals surface area contributed by atoms with Crippen LogP contribution < -0.4 is 10.1 Å². The minimum Gasteiger partial charge on any atom is -0.496 e. The Balaban J connectivity index is 1.60. The van der Waals surface area contributed by atoms with Gasteiger partial charge in [0.2, 0.25) is 5.09 Å². The maximum absolute atomic E-state index is 12.5. The molecule has 0 atom stereocenters. The minimum atomic E-state index is -3.76. The summed E-state index contributed by atoms with van der Waals surface area (Å²) in [6, 6.07) is 10.2. The second kappa shape index (κ2) is 8.55. The number of ether oxygens (including phenoxy) is 2. The van der Waals surface area contributed by atoms with E-state index in [0.717, 1.165) is 11.3 Å². The Kier molecular flexibility index (Phi) is 6.15. The number of rotatable bonds is 7. The average molecular weight is 394 g/mol. The van der Waals surface area contributed by atoms with Gasteiger partial charge in [-0.2, -0.15) is 4.31 Å². The molecule has 0 unspecified atom stereocenters. The molecule has 9 heteroatoms. The normalized spacial score (nSPS) is 15.4. The van der Waals surface area contributed by atoms with Gasteiger partial charge in [0.05, 0.1) is 20.3 Å². The second-order valence-electron chi connectivity index (χ2n) is 5.95. The Labute approximate surface area is 158 Å². The molecule has 1 fully saturated rings. The predicted molar refractivity (Wildman–Crippen MR) is 97.3 cm³/mol. The monoisotopic (exact) mass is 394 g/mol. The third-order valence-electron chi connectivity index (χ3n) is 4.24. The van der Waals surface area contributed by atoms with Crippen molar-refractivity contribution >= 4 is 15.9 Å². The van der Waals surface area contributed by atoms with Gasteiger partial charge in [0.25, 0.3) is 15.9 Å². The number of benzene rings is 1. The molecule has 0 aliphatic carbocycles. The van der Waals surface area contributed by atoms with Crippen LogP contribution in [0.2, 0.25) is 0 Å². The van der Waals surface area contributed by atoms with Gasteiger partial charge >= 0.3 is 0 Å². The molecule has 1 aromatic carbocycles. The van der Waals surface area contributed by atoms with Crippen LogP contribution in [0.1, 0.15) is 16.1 Å². The van der Waals surface area contributed by atoms with Crippen LogP contribution in [0.3, 0.4) is 0 Å². The van der Waals surface area contributed by atoms with Crippen molar-refractivity contribution in [2.45, 2.75) is 11.5 Å². The van der Waals surface area contributed by atoms with E-state index >= 15 is 0 Å². The maximum atomic E-state index is 12.5. The summed E-state index contributed by atoms with van der Waals surface area (Å²) in [5, 5.41) is 2.49. The van der Waals surface area contributed by atoms with Gasteiger partial charge in [-0.05, 0) is 30.2 Å². The Hall–Kier alpha value is -2.36. The van der Waals surface area contributed by atoms with Gasteiger partial charge in [-0.25, -0.2) is 8.42 Å². The molecule has 1 aliphatic heterocycles. The third-order valence-corrected chi connectivity index (χ3v) is 6.01. The summed E-state index contributed by atoms with van der Waals surface area (Å²) in [5.41, 5.74) is 0.968. The van der Waals surface area contributed by atoms with Crippen molar-refractivity contribution in [2.24, 2.45) is 0 Å². The fraction of sp³-hybridized carbons (Fsp3) is 0.389. The number of morpholine rings is 1. The van der Waals surface area contributed by atoms with Crippen molar-refractivity contribution in [1.82, 2.24) is 9.62 Å². The van der Waals surface area contributed by atoms with E-state index in [4.69, 9.17) is 13.9 Å². The van der Waals surface area contributed by atoms with E-state index in [9.17, 15) is 13.2 Å². The molecule has 0 saturated carbocycles. The van der Waals surface area contributed by atoms with Crippen molar-refractivity contribution < 1.29 is 27.1 Å². The SMILES string of the molecule is COc1ccccc1CCNC(=O)c1ccc(S(=O)(=O)N2CCOCC2)o1. The molecule has 2 heterocycles. The van der Waals surface area contributed by atoms with E-state index in [1.807, 2.05) is 24.3 Å². The first-order valence-electron chi connectivity index (χ1n) is 8.60. The number of carbonyl (C=O) groups is 1. The molecule has 1 aromatic heterocycles. The van der Waals surface area contributed by atoms with Gasteiger partial charge in [0, 0.05) is 19.6 Å². The first-order valence-corrected chi connectivity index (χ1v) is 10.0. The Bertz CT molecular complexity index is 887. The minimum absolute atomic E-state index is 0.0399. The molecule has 3 rings (SSSR count). The number of sulfonamides is 1. The first-order chi connectivity index (χ1) is 13.0. The summed E-state index contributed by atoms with van der Waals surface area (Å²) >= 11 is 0. The van der Waals surface area contributed by atoms with Crippen LogP contribution in [-0.2, 0) is 21.2 Å². The van der Waals surface area contributed by atoms with Crippen molar-refractivity contribution in [3.63, 3.8) is 0 Å². The zero-order valence-electron chi connectivity index (χ0n) is 15.0. The number of methoxy groups -OCH3 is 1. The lowest BCUT2D eigenvalue weighted by Gasteiger charge is -2.24. The fourth-order valence-corrected chi connectivity index (χ4v) is 4.12. The van der Waals surface area contributed by atoms with E-state index in [1.165, 1.54) is 16.4 Å². The van der Waals surface area contributed by atoms with Crippen LogP contribution in [0.4, 0.5) is 0 Å². The highest BCUT2D eigenvalue weighted by molar-refractivity contribution is 7.89. The largest absolute Gasteiger partial charge is 0.496 e. The van der Waals surface area contributed by atoms with Crippen LogP contribution in [0.5, 0.6) is 5.75 Å². The highest BCUT2D eigenvalue weighted by atomic mass is 32.2. The van der Waals surface area contributed by atoms with Crippen molar-refractivity contribution in [1.29, 1.82) is 0 Å². The van der Waals surface area contributed by atoms with Gasteiger partial charge in [-0.15, -0.1) is 0 Å². The number of nitrogens with one attached hydrogen (secondary N) is 1. The topological polar surface area (TPSA) is 98.1 Å². The molecular weight excluding hydrogens is 372 g/mol. The molecule has 0 bridgehead atoms. The summed E-state index contributed by atoms with van der Waals surface area (Å²) in [6.45, 7) is 1.59. The first kappa shape index (κ1) is 19.4.